The van der Waals surface area contributed by atoms with Gasteiger partial charge in [-0.1, -0.05) is 29.8 Å². The summed E-state index contributed by atoms with van der Waals surface area (Å²) in [6.07, 6.45) is 0. The predicted octanol–water partition coefficient (Wildman–Crippen LogP) is 3.11. The van der Waals surface area contributed by atoms with E-state index in [1.54, 1.807) is 25.2 Å². The summed E-state index contributed by atoms with van der Waals surface area (Å²) < 4.78 is 29.2. The summed E-state index contributed by atoms with van der Waals surface area (Å²) in [4.78, 5) is 25.7. The van der Waals surface area contributed by atoms with Gasteiger partial charge in [0.2, 0.25) is 11.8 Å². The standard InChI is InChI=1S/C19H21F2N3O3/c1-13-7-9-14(10-8-13)22-17(25)11-24(2)12-18(26)23-15-5-3-4-6-16(15)27-19(20)21/h3-10,19H,11-12H2,1-2H3,(H,22,25)(H,23,26). The van der Waals surface area contributed by atoms with Crippen molar-refractivity contribution in [3.63, 3.8) is 0 Å². The number of carbonyl (C=O) groups excluding carboxylic acids is 2. The summed E-state index contributed by atoms with van der Waals surface area (Å²) in [5.41, 5.74) is 1.89. The molecule has 0 aromatic heterocycles. The Morgan fingerprint density at radius 1 is 1.00 bits per heavy atom. The van der Waals surface area contributed by atoms with Crippen molar-refractivity contribution in [1.82, 2.24) is 4.90 Å². The maximum Gasteiger partial charge on any atom is 0.387 e. The molecule has 0 bridgehead atoms. The normalized spacial score (nSPS) is 10.7. The number of benzene rings is 2. The Morgan fingerprint density at radius 3 is 2.22 bits per heavy atom. The molecule has 0 aliphatic heterocycles. The highest BCUT2D eigenvalue weighted by molar-refractivity contribution is 5.95. The van der Waals surface area contributed by atoms with E-state index in [9.17, 15) is 18.4 Å². The first-order valence-electron chi connectivity index (χ1n) is 8.22. The molecule has 2 rings (SSSR count). The van der Waals surface area contributed by atoms with Crippen LogP contribution in [0.25, 0.3) is 0 Å². The van der Waals surface area contributed by atoms with E-state index < -0.39 is 12.5 Å². The van der Waals surface area contributed by atoms with Gasteiger partial charge in [-0.25, -0.2) is 0 Å². The van der Waals surface area contributed by atoms with Crippen LogP contribution in [0.1, 0.15) is 5.56 Å². The molecule has 2 aromatic rings. The molecule has 2 N–H and O–H groups in total. The second-order valence-corrected chi connectivity index (χ2v) is 6.01. The Kier molecular flexibility index (Phi) is 7.25. The average molecular weight is 377 g/mol. The van der Waals surface area contributed by atoms with Crippen LogP contribution >= 0.6 is 0 Å². The summed E-state index contributed by atoms with van der Waals surface area (Å²) >= 11 is 0. The fourth-order valence-corrected chi connectivity index (χ4v) is 2.34. The van der Waals surface area contributed by atoms with E-state index >= 15 is 0 Å². The SMILES string of the molecule is Cc1ccc(NC(=O)CN(C)CC(=O)Nc2ccccc2OC(F)F)cc1. The maximum absolute atomic E-state index is 12.4. The van der Waals surface area contributed by atoms with Crippen LogP contribution in [0.5, 0.6) is 5.75 Å². The molecule has 144 valence electrons. The van der Waals surface area contributed by atoms with Gasteiger partial charge in [-0.2, -0.15) is 8.78 Å². The third-order valence-corrected chi connectivity index (χ3v) is 3.54. The Balaban J connectivity index is 1.85. The van der Waals surface area contributed by atoms with Crippen molar-refractivity contribution in [3.8, 4) is 5.75 Å². The summed E-state index contributed by atoms with van der Waals surface area (Å²) in [5, 5.41) is 5.24. The van der Waals surface area contributed by atoms with Gasteiger partial charge in [-0.05, 0) is 38.2 Å². The van der Waals surface area contributed by atoms with Crippen LogP contribution in [-0.4, -0.2) is 43.5 Å². The third kappa shape index (κ3) is 7.02. The highest BCUT2D eigenvalue weighted by Crippen LogP contribution is 2.25. The number of amides is 2. The van der Waals surface area contributed by atoms with E-state index in [4.69, 9.17) is 0 Å². The second-order valence-electron chi connectivity index (χ2n) is 6.01. The van der Waals surface area contributed by atoms with E-state index in [0.29, 0.717) is 5.69 Å². The molecule has 2 amide bonds. The van der Waals surface area contributed by atoms with Gasteiger partial charge in [-0.3, -0.25) is 14.5 Å². The van der Waals surface area contributed by atoms with Crippen LogP contribution in [0.4, 0.5) is 20.2 Å². The number of alkyl halides is 2. The lowest BCUT2D eigenvalue weighted by atomic mass is 10.2. The van der Waals surface area contributed by atoms with Gasteiger partial charge in [0.1, 0.15) is 5.75 Å². The molecule has 0 radical (unpaired) electrons. The zero-order valence-electron chi connectivity index (χ0n) is 15.0. The van der Waals surface area contributed by atoms with Gasteiger partial charge < -0.3 is 15.4 Å². The number of nitrogens with zero attached hydrogens (tertiary/aromatic N) is 1. The predicted molar refractivity (Wildman–Crippen MR) is 99.0 cm³/mol. The largest absolute Gasteiger partial charge is 0.433 e. The van der Waals surface area contributed by atoms with Crippen molar-refractivity contribution in [1.29, 1.82) is 0 Å². The summed E-state index contributed by atoms with van der Waals surface area (Å²) in [6.45, 7) is -1.14. The van der Waals surface area contributed by atoms with Crippen LogP contribution in [0, 0.1) is 6.92 Å². The van der Waals surface area contributed by atoms with Gasteiger partial charge in [0.05, 0.1) is 18.8 Å². The lowest BCUT2D eigenvalue weighted by Gasteiger charge is -2.17. The first-order chi connectivity index (χ1) is 12.8. The van der Waals surface area contributed by atoms with Gasteiger partial charge in [-0.15, -0.1) is 0 Å². The van der Waals surface area contributed by atoms with E-state index in [2.05, 4.69) is 15.4 Å². The van der Waals surface area contributed by atoms with Crippen LogP contribution in [0.2, 0.25) is 0 Å². The molecule has 0 saturated heterocycles. The van der Waals surface area contributed by atoms with Crippen molar-refractivity contribution in [2.45, 2.75) is 13.5 Å². The quantitative estimate of drug-likeness (QED) is 0.742. The summed E-state index contributed by atoms with van der Waals surface area (Å²) in [7, 11) is 1.61. The zero-order chi connectivity index (χ0) is 19.8. The van der Waals surface area contributed by atoms with Crippen molar-refractivity contribution in [2.75, 3.05) is 30.8 Å². The summed E-state index contributed by atoms with van der Waals surface area (Å²) in [6, 6.07) is 13.2. The highest BCUT2D eigenvalue weighted by Gasteiger charge is 2.14. The van der Waals surface area contributed by atoms with Gasteiger partial charge in [0.15, 0.2) is 0 Å². The fraction of sp³-hybridized carbons (Fsp3) is 0.263. The molecule has 0 spiro atoms. The lowest BCUT2D eigenvalue weighted by molar-refractivity contribution is -0.119. The molecule has 0 fully saturated rings. The number of carbonyl (C=O) groups is 2. The van der Waals surface area contributed by atoms with E-state index in [1.165, 1.54) is 23.1 Å². The minimum Gasteiger partial charge on any atom is -0.433 e. The molecule has 0 aliphatic carbocycles. The first-order valence-corrected chi connectivity index (χ1v) is 8.22. The molecule has 0 heterocycles. The van der Waals surface area contributed by atoms with Crippen LogP contribution < -0.4 is 15.4 Å². The Labute approximate surface area is 156 Å². The minimum atomic E-state index is -2.99. The molecular formula is C19H21F2N3O3. The average Bonchev–Trinajstić information content (AvgIpc) is 2.58. The van der Waals surface area contributed by atoms with Crippen LogP contribution in [0.3, 0.4) is 0 Å². The van der Waals surface area contributed by atoms with E-state index in [-0.39, 0.29) is 30.4 Å². The third-order valence-electron chi connectivity index (χ3n) is 3.54. The molecule has 6 nitrogen and oxygen atoms in total. The van der Waals surface area contributed by atoms with Crippen molar-refractivity contribution in [2.24, 2.45) is 0 Å². The topological polar surface area (TPSA) is 70.7 Å². The molecule has 2 aromatic carbocycles. The molecule has 27 heavy (non-hydrogen) atoms. The number of aryl methyl sites for hydroxylation is 1. The zero-order valence-corrected chi connectivity index (χ0v) is 15.0. The number of para-hydroxylation sites is 2. The number of ether oxygens (including phenoxy) is 1. The lowest BCUT2D eigenvalue weighted by Crippen LogP contribution is -2.36. The molecular weight excluding hydrogens is 356 g/mol. The Morgan fingerprint density at radius 2 is 1.59 bits per heavy atom. The minimum absolute atomic E-state index is 0.00349. The number of likely N-dealkylation sites (N-methyl/N-ethyl adjacent to an activating group) is 1. The molecule has 8 heteroatoms. The van der Waals surface area contributed by atoms with Gasteiger partial charge in [0.25, 0.3) is 0 Å². The first kappa shape index (κ1) is 20.3. The number of hydrogen-bond donors (Lipinski definition) is 2. The summed E-state index contributed by atoms with van der Waals surface area (Å²) in [5.74, 6) is -0.845. The molecule has 0 aliphatic rings. The van der Waals surface area contributed by atoms with Gasteiger partial charge >= 0.3 is 6.61 Å². The van der Waals surface area contributed by atoms with Crippen molar-refractivity contribution < 1.29 is 23.1 Å². The fourth-order valence-electron chi connectivity index (χ4n) is 2.34. The number of halogens is 2. The van der Waals surface area contributed by atoms with Crippen molar-refractivity contribution in [3.05, 3.63) is 54.1 Å². The maximum atomic E-state index is 12.4. The Bertz CT molecular complexity index is 782. The number of nitrogens with one attached hydrogen (secondary N) is 2. The Hall–Kier alpha value is -3.00. The van der Waals surface area contributed by atoms with Crippen LogP contribution in [-0.2, 0) is 9.59 Å². The molecule has 0 atom stereocenters. The number of rotatable bonds is 8. The van der Waals surface area contributed by atoms with E-state index in [0.717, 1.165) is 5.56 Å². The molecule has 0 saturated carbocycles. The highest BCUT2D eigenvalue weighted by atomic mass is 19.3. The second kappa shape index (κ2) is 9.63. The number of hydrogen-bond acceptors (Lipinski definition) is 4. The number of anilines is 2. The van der Waals surface area contributed by atoms with Gasteiger partial charge in [0, 0.05) is 5.69 Å². The van der Waals surface area contributed by atoms with Crippen molar-refractivity contribution >= 4 is 23.2 Å². The van der Waals surface area contributed by atoms with Crippen LogP contribution in [0.15, 0.2) is 48.5 Å². The smallest absolute Gasteiger partial charge is 0.387 e. The molecule has 0 unspecified atom stereocenters. The van der Waals surface area contributed by atoms with E-state index in [1.807, 2.05) is 19.1 Å². The monoisotopic (exact) mass is 377 g/mol.